The Balaban J connectivity index is 2.56. The highest BCUT2D eigenvalue weighted by Gasteiger charge is 3.06. The first kappa shape index (κ1) is 55.2. The van der Waals surface area contributed by atoms with E-state index in [2.05, 4.69) is 216 Å². The van der Waals surface area contributed by atoms with E-state index in [0.29, 0.717) is 0 Å². The van der Waals surface area contributed by atoms with Crippen molar-refractivity contribution in [1.29, 1.82) is 0 Å². The van der Waals surface area contributed by atoms with E-state index in [1.54, 1.807) is 25.7 Å². The molecule has 0 amide bonds. The third kappa shape index (κ3) is 5.57. The van der Waals surface area contributed by atoms with Gasteiger partial charge in [-0.25, -0.2) is 0 Å². The van der Waals surface area contributed by atoms with Gasteiger partial charge in [-0.3, -0.25) is 0 Å². The van der Waals surface area contributed by atoms with Crippen LogP contribution < -0.4 is 0 Å². The van der Waals surface area contributed by atoms with Gasteiger partial charge in [0.2, 0.25) is 0 Å². The van der Waals surface area contributed by atoms with Crippen molar-refractivity contribution in [1.82, 2.24) is 0 Å². The molecule has 12 heteroatoms. The standard InChI is InChI=1S/C48H112Si12/c1-37(2)51(17,18)45(52(19,20)38(3)4)33-34-46(53(21,22)39(5)6,54(23,24)40(7)8)59(45)49-50(59)60(49)47(55(25,26)41(9)10,56(27,28)42(11)12)35-36-48(60,57(29,30)43(13)14)58(31,32)44(15)16/h37-44H,33-36H2,1-32H3. The lowest BCUT2D eigenvalue weighted by Crippen LogP contribution is -2.91. The molecule has 0 saturated carbocycles. The van der Waals surface area contributed by atoms with Crippen LogP contribution in [0.1, 0.15) is 136 Å². The van der Waals surface area contributed by atoms with Crippen LogP contribution in [0.2, 0.25) is 166 Å². The Kier molecular flexibility index (Phi) is 14.3. The predicted octanol–water partition coefficient (Wildman–Crippen LogP) is 18.1. The second kappa shape index (κ2) is 15.6. The van der Waals surface area contributed by atoms with Gasteiger partial charge in [0.25, 0.3) is 0 Å². The van der Waals surface area contributed by atoms with Crippen LogP contribution in [0.5, 0.6) is 0 Å². The van der Waals surface area contributed by atoms with Gasteiger partial charge in [0.05, 0.1) is 78.8 Å². The lowest BCUT2D eigenvalue weighted by atomic mass is 10.4. The number of hydrogen-bond acceptors (Lipinski definition) is 0. The molecule has 4 heterocycles. The molecule has 2 spiro atoms. The molecule has 4 aliphatic rings. The van der Waals surface area contributed by atoms with Gasteiger partial charge in [0.15, 0.2) is 0 Å². The smallest absolute Gasteiger partial charge is 0.0609 e. The predicted molar refractivity (Wildman–Crippen MR) is 313 cm³/mol. The van der Waals surface area contributed by atoms with Crippen LogP contribution >= 0.6 is 0 Å². The van der Waals surface area contributed by atoms with Gasteiger partial charge >= 0.3 is 0 Å². The lowest BCUT2D eigenvalue weighted by Gasteiger charge is -2.77. The number of rotatable bonds is 16. The highest BCUT2D eigenvalue weighted by molar-refractivity contribution is 8.34. The molecule has 0 unspecified atom stereocenters. The molecule has 0 nitrogen and oxygen atoms in total. The molecule has 4 rings (SSSR count). The first-order valence-electron chi connectivity index (χ1n) is 26.2. The molecule has 0 N–H and O–H groups in total. The van der Waals surface area contributed by atoms with E-state index >= 15 is 0 Å². The summed E-state index contributed by atoms with van der Waals surface area (Å²) in [5.41, 5.74) is 7.24. The summed E-state index contributed by atoms with van der Waals surface area (Å²) < 4.78 is 3.31. The average molecular weight is 1030 g/mol. The molecule has 0 aromatic rings. The molecule has 2 fully saturated rings. The topological polar surface area (TPSA) is 0 Å². The fourth-order valence-corrected chi connectivity index (χ4v) is 355. The third-order valence-electron chi connectivity index (χ3n) is 26.3. The quantitative estimate of drug-likeness (QED) is 0.135. The minimum Gasteiger partial charge on any atom is -0.0692 e. The fraction of sp³-hybridized carbons (Fsp3) is 1.00. The van der Waals surface area contributed by atoms with Crippen molar-refractivity contribution >= 4 is 92.7 Å². The summed E-state index contributed by atoms with van der Waals surface area (Å²) in [5, 5.41) is 0. The highest BCUT2D eigenvalue weighted by Crippen LogP contribution is 2.94. The van der Waals surface area contributed by atoms with Crippen LogP contribution in [0, 0.1) is 0 Å². The summed E-state index contributed by atoms with van der Waals surface area (Å²) in [7, 11) is -17.6. The van der Waals surface area contributed by atoms with Crippen molar-refractivity contribution in [2.45, 2.75) is 303 Å². The van der Waals surface area contributed by atoms with Crippen molar-refractivity contribution < 1.29 is 0 Å². The maximum absolute atomic E-state index is 3.14. The third-order valence-corrected chi connectivity index (χ3v) is 200. The molecule has 2 saturated heterocycles. The first-order chi connectivity index (χ1) is 26.4. The second-order valence-electron chi connectivity index (χ2n) is 29.9. The van der Waals surface area contributed by atoms with E-state index < -0.39 is 92.7 Å². The summed E-state index contributed by atoms with van der Waals surface area (Å²) in [5.74, 6) is 0. The fourth-order valence-electron chi connectivity index (χ4n) is 18.7. The van der Waals surface area contributed by atoms with Gasteiger partial charge in [0.1, 0.15) is 0 Å². The van der Waals surface area contributed by atoms with Gasteiger partial charge in [0, 0.05) is 0 Å². The van der Waals surface area contributed by atoms with E-state index in [-0.39, 0.29) is 0 Å². The molecule has 0 atom stereocenters. The molecule has 0 aromatic carbocycles. The maximum Gasteiger partial charge on any atom is 0.0609 e. The minimum atomic E-state index is -1.82. The van der Waals surface area contributed by atoms with E-state index in [1.807, 2.05) is 0 Å². The van der Waals surface area contributed by atoms with Crippen molar-refractivity contribution in [2.75, 3.05) is 0 Å². The molecule has 60 heavy (non-hydrogen) atoms. The van der Waals surface area contributed by atoms with E-state index in [1.165, 1.54) is 0 Å². The van der Waals surface area contributed by atoms with Crippen molar-refractivity contribution in [3.8, 4) is 0 Å². The van der Waals surface area contributed by atoms with Gasteiger partial charge < -0.3 is 0 Å². The largest absolute Gasteiger partial charge is 0.0692 e. The first-order valence-corrected chi connectivity index (χ1v) is 62.8. The summed E-state index contributed by atoms with van der Waals surface area (Å²) in [6.07, 6.45) is 6.94. The highest BCUT2D eigenvalue weighted by atomic mass is 30.5. The normalized spacial score (nSPS) is 24.0. The Morgan fingerprint density at radius 1 is 0.250 bits per heavy atom. The SMILES string of the molecule is CC(C)[Si](C)(C)C1([Si](C)(C)C(C)C)CCC([Si](C)(C)C(C)C)([Si](C)(C)C(C)C)[Si]12[Si]1=[Si]2[Si]12C([Si](C)(C)C(C)C)([Si](C)(C)C(C)C)CCC2([Si](C)(C)C(C)C)[Si](C)(C)C(C)C. The van der Waals surface area contributed by atoms with Gasteiger partial charge in [-0.15, -0.1) is 0 Å². The Morgan fingerprint density at radius 2 is 0.350 bits per heavy atom. The minimum absolute atomic E-state index is 0.425. The Labute approximate surface area is 392 Å². The van der Waals surface area contributed by atoms with Crippen LogP contribution in [0.15, 0.2) is 0 Å². The molecule has 0 radical (unpaired) electrons. The van der Waals surface area contributed by atoms with E-state index in [9.17, 15) is 0 Å². The molecule has 4 aliphatic heterocycles. The Morgan fingerprint density at radius 3 is 0.433 bits per heavy atom. The second-order valence-corrected chi connectivity index (χ2v) is 117. The average Bonchev–Trinajstić information content (AvgIpc) is 3.85. The monoisotopic (exact) mass is 1020 g/mol. The lowest BCUT2D eigenvalue weighted by molar-refractivity contribution is 0.719. The van der Waals surface area contributed by atoms with E-state index in [0.717, 1.165) is 61.5 Å². The van der Waals surface area contributed by atoms with Crippen LogP contribution in [0.3, 0.4) is 0 Å². The summed E-state index contributed by atoms with van der Waals surface area (Å²) in [6.45, 7) is 94.5. The zero-order valence-corrected chi connectivity index (χ0v) is 59.4. The van der Waals surface area contributed by atoms with Gasteiger partial charge in [-0.1, -0.05) is 286 Å². The Bertz CT molecular complexity index is 1360. The van der Waals surface area contributed by atoms with Crippen LogP contribution in [0.25, 0.3) is 0 Å². The molecule has 0 bridgehead atoms. The molecule has 0 aromatic heterocycles. The molecule has 0 aliphatic carbocycles. The summed E-state index contributed by atoms with van der Waals surface area (Å²) in [6, 6.07) is 0. The zero-order chi connectivity index (χ0) is 47.6. The van der Waals surface area contributed by atoms with Gasteiger partial charge in [-0.2, -0.15) is 0 Å². The van der Waals surface area contributed by atoms with Crippen LogP contribution in [-0.4, -0.2) is 92.7 Å². The molecular formula is C48H112Si12. The van der Waals surface area contributed by atoms with Crippen molar-refractivity contribution in [3.05, 3.63) is 0 Å². The summed E-state index contributed by atoms with van der Waals surface area (Å²) >= 11 is 0. The van der Waals surface area contributed by atoms with Gasteiger partial charge in [-0.05, 0) is 31.0 Å². The van der Waals surface area contributed by atoms with Crippen molar-refractivity contribution in [3.63, 3.8) is 0 Å². The molecular weight excluding hydrogens is 914 g/mol. The molecule has 352 valence electrons. The maximum atomic E-state index is 3.14. The Hall–Kier alpha value is 2.60. The summed E-state index contributed by atoms with van der Waals surface area (Å²) in [4.78, 5) is 0. The zero-order valence-electron chi connectivity index (χ0n) is 47.4. The van der Waals surface area contributed by atoms with Crippen LogP contribution in [-0.2, 0) is 0 Å². The van der Waals surface area contributed by atoms with E-state index in [4.69, 9.17) is 0 Å². The van der Waals surface area contributed by atoms with Crippen molar-refractivity contribution in [2.24, 2.45) is 0 Å². The number of fused-ring (bicyclic) bond motifs is 4. The number of hydrogen-bond donors (Lipinski definition) is 0. The van der Waals surface area contributed by atoms with Crippen LogP contribution in [0.4, 0.5) is 0 Å².